The van der Waals surface area contributed by atoms with Crippen molar-refractivity contribution in [2.45, 2.75) is 26.7 Å². The van der Waals surface area contributed by atoms with Crippen LogP contribution in [0.2, 0.25) is 0 Å². The lowest BCUT2D eigenvalue weighted by molar-refractivity contribution is -0.138. The Kier molecular flexibility index (Phi) is 5.35. The zero-order valence-electron chi connectivity index (χ0n) is 18.3. The van der Waals surface area contributed by atoms with Gasteiger partial charge in [0.2, 0.25) is 11.8 Å². The van der Waals surface area contributed by atoms with Crippen molar-refractivity contribution in [2.75, 3.05) is 11.5 Å². The Hall–Kier alpha value is -4.23. The van der Waals surface area contributed by atoms with E-state index in [-0.39, 0.29) is 30.6 Å². The fourth-order valence-corrected chi connectivity index (χ4v) is 4.96. The lowest BCUT2D eigenvalue weighted by Gasteiger charge is -2.33. The van der Waals surface area contributed by atoms with Crippen LogP contribution >= 0.6 is 0 Å². The zero-order chi connectivity index (χ0) is 23.8. The molecule has 1 unspecified atom stereocenters. The highest BCUT2D eigenvalue weighted by Gasteiger charge is 2.71. The van der Waals surface area contributed by atoms with E-state index in [1.165, 1.54) is 0 Å². The molecule has 2 aromatic carbocycles. The molecule has 0 bridgehead atoms. The highest BCUT2D eigenvalue weighted by Crippen LogP contribution is 2.64. The molecule has 1 aliphatic heterocycles. The van der Waals surface area contributed by atoms with Crippen LogP contribution in [0.3, 0.4) is 0 Å². The van der Waals surface area contributed by atoms with Crippen LogP contribution in [0.15, 0.2) is 60.2 Å². The Bertz CT molecular complexity index is 1270. The molecule has 1 fully saturated rings. The number of nitrogens with zero attached hydrogens (tertiary/aromatic N) is 3. The van der Waals surface area contributed by atoms with Crippen molar-refractivity contribution in [1.29, 1.82) is 10.5 Å². The van der Waals surface area contributed by atoms with Gasteiger partial charge in [0.15, 0.2) is 5.41 Å². The Morgan fingerprint density at radius 2 is 1.67 bits per heavy atom. The van der Waals surface area contributed by atoms with Crippen LogP contribution in [-0.4, -0.2) is 24.4 Å². The van der Waals surface area contributed by atoms with E-state index in [0.29, 0.717) is 16.8 Å². The van der Waals surface area contributed by atoms with E-state index in [2.05, 4.69) is 0 Å². The average molecular weight is 439 g/mol. The van der Waals surface area contributed by atoms with Gasteiger partial charge in [-0.15, -0.1) is 0 Å². The Labute approximate surface area is 191 Å². The van der Waals surface area contributed by atoms with Crippen molar-refractivity contribution in [1.82, 2.24) is 0 Å². The highest BCUT2D eigenvalue weighted by molar-refractivity contribution is 6.25. The summed E-state index contributed by atoms with van der Waals surface area (Å²) in [5.74, 6) is -1.86. The fourth-order valence-electron chi connectivity index (χ4n) is 4.96. The van der Waals surface area contributed by atoms with E-state index in [1.54, 1.807) is 68.4 Å². The number of rotatable bonds is 4. The van der Waals surface area contributed by atoms with Gasteiger partial charge >= 0.3 is 5.97 Å². The maximum Gasteiger partial charge on any atom is 0.334 e. The smallest absolute Gasteiger partial charge is 0.334 e. The number of ether oxygens (including phenoxy) is 1. The van der Waals surface area contributed by atoms with Crippen molar-refractivity contribution in [3.8, 4) is 12.1 Å². The van der Waals surface area contributed by atoms with Crippen molar-refractivity contribution < 1.29 is 19.1 Å². The minimum Gasteiger partial charge on any atom is -0.463 e. The first kappa shape index (κ1) is 22.0. The molecule has 1 heterocycles. The second kappa shape index (κ2) is 8.03. The molecule has 1 spiro atoms. The maximum atomic E-state index is 14.0. The van der Waals surface area contributed by atoms with E-state index in [1.807, 2.05) is 12.1 Å². The van der Waals surface area contributed by atoms with Crippen LogP contribution in [0.5, 0.6) is 0 Å². The molecule has 0 N–H and O–H groups in total. The van der Waals surface area contributed by atoms with E-state index in [4.69, 9.17) is 4.74 Å². The normalized spacial score (nSPS) is 21.3. The summed E-state index contributed by atoms with van der Waals surface area (Å²) in [6, 6.07) is 19.6. The minimum absolute atomic E-state index is 0.0823. The molecule has 7 nitrogen and oxygen atoms in total. The molecule has 164 valence electrons. The summed E-state index contributed by atoms with van der Waals surface area (Å²) < 4.78 is 5.23. The second-order valence-corrected chi connectivity index (χ2v) is 8.17. The van der Waals surface area contributed by atoms with Gasteiger partial charge in [0, 0.05) is 17.6 Å². The molecule has 2 aromatic rings. The van der Waals surface area contributed by atoms with Gasteiger partial charge in [-0.05, 0) is 37.5 Å². The minimum atomic E-state index is -2.04. The van der Waals surface area contributed by atoms with Crippen molar-refractivity contribution in [3.63, 3.8) is 0 Å². The Morgan fingerprint density at radius 3 is 2.27 bits per heavy atom. The SMILES string of the molecule is CCOC(=O)C1=C(c2ccccc2)C(C#N)(C#N)C2(CC(=O)N(c3ccccc3C)C2=O)C1. The van der Waals surface area contributed by atoms with E-state index < -0.39 is 28.6 Å². The maximum absolute atomic E-state index is 14.0. The predicted octanol–water partition coefficient (Wildman–Crippen LogP) is 3.70. The highest BCUT2D eigenvalue weighted by atomic mass is 16.5. The summed E-state index contributed by atoms with van der Waals surface area (Å²) >= 11 is 0. The molecule has 4 rings (SSSR count). The van der Waals surface area contributed by atoms with Crippen molar-refractivity contribution >= 4 is 29.0 Å². The van der Waals surface area contributed by atoms with E-state index >= 15 is 0 Å². The number of imide groups is 1. The van der Waals surface area contributed by atoms with Crippen LogP contribution in [0.25, 0.3) is 5.57 Å². The molecule has 33 heavy (non-hydrogen) atoms. The third-order valence-corrected chi connectivity index (χ3v) is 6.46. The molecule has 0 aromatic heterocycles. The van der Waals surface area contributed by atoms with Gasteiger partial charge in [-0.3, -0.25) is 9.59 Å². The van der Waals surface area contributed by atoms with Gasteiger partial charge in [-0.25, -0.2) is 9.69 Å². The first-order chi connectivity index (χ1) is 15.9. The number of nitriles is 2. The van der Waals surface area contributed by atoms with Gasteiger partial charge in [-0.2, -0.15) is 10.5 Å². The third-order valence-electron chi connectivity index (χ3n) is 6.46. The standard InChI is InChI=1S/C26H21N3O4/c1-3-33-23(31)19-13-25(26(15-27,16-28)22(19)18-10-5-4-6-11-18)14-21(30)29(24(25)32)20-12-8-7-9-17(20)2/h4-12H,3,13-14H2,1-2H3. The number of hydrogen-bond donors (Lipinski definition) is 0. The van der Waals surface area contributed by atoms with Crippen molar-refractivity contribution in [3.05, 3.63) is 71.3 Å². The van der Waals surface area contributed by atoms with E-state index in [9.17, 15) is 24.9 Å². The number of amides is 2. The largest absolute Gasteiger partial charge is 0.463 e. The monoisotopic (exact) mass is 439 g/mol. The molecule has 2 aliphatic rings. The lowest BCUT2D eigenvalue weighted by Crippen LogP contribution is -2.45. The fraction of sp³-hybridized carbons (Fsp3) is 0.269. The van der Waals surface area contributed by atoms with Crippen LogP contribution in [0.4, 0.5) is 5.69 Å². The summed E-state index contributed by atoms with van der Waals surface area (Å²) in [6.45, 7) is 3.51. The number of anilines is 1. The van der Waals surface area contributed by atoms with Crippen LogP contribution in [-0.2, 0) is 19.1 Å². The van der Waals surface area contributed by atoms with Crippen molar-refractivity contribution in [2.24, 2.45) is 10.8 Å². The summed E-state index contributed by atoms with van der Waals surface area (Å²) in [5.41, 5.74) is -1.98. The molecule has 1 aliphatic carbocycles. The van der Waals surface area contributed by atoms with Gasteiger partial charge in [0.05, 0.1) is 29.8 Å². The molecule has 0 saturated carbocycles. The van der Waals surface area contributed by atoms with Crippen LogP contribution in [0, 0.1) is 40.4 Å². The topological polar surface area (TPSA) is 111 Å². The third kappa shape index (κ3) is 2.97. The number of carbonyl (C=O) groups excluding carboxylic acids is 3. The molecular weight excluding hydrogens is 418 g/mol. The number of allylic oxidation sites excluding steroid dienone is 1. The molecule has 7 heteroatoms. The summed E-state index contributed by atoms with van der Waals surface area (Å²) in [4.78, 5) is 41.2. The van der Waals surface area contributed by atoms with Gasteiger partial charge in [-0.1, -0.05) is 48.5 Å². The lowest BCUT2D eigenvalue weighted by atomic mass is 9.62. The van der Waals surface area contributed by atoms with Gasteiger partial charge in [0.1, 0.15) is 0 Å². The zero-order valence-corrected chi connectivity index (χ0v) is 18.3. The number of para-hydroxylation sites is 1. The average Bonchev–Trinajstić information content (AvgIpc) is 3.26. The van der Waals surface area contributed by atoms with E-state index in [0.717, 1.165) is 4.90 Å². The molecule has 1 saturated heterocycles. The van der Waals surface area contributed by atoms with Crippen LogP contribution in [0.1, 0.15) is 30.9 Å². The number of hydrogen-bond acceptors (Lipinski definition) is 6. The number of benzene rings is 2. The Balaban J connectivity index is 1.96. The Morgan fingerprint density at radius 1 is 1.03 bits per heavy atom. The predicted molar refractivity (Wildman–Crippen MR) is 119 cm³/mol. The summed E-state index contributed by atoms with van der Waals surface area (Å²) in [7, 11) is 0. The van der Waals surface area contributed by atoms with Gasteiger partial charge in [0.25, 0.3) is 0 Å². The quantitative estimate of drug-likeness (QED) is 0.530. The van der Waals surface area contributed by atoms with Gasteiger partial charge < -0.3 is 4.74 Å². The summed E-state index contributed by atoms with van der Waals surface area (Å²) in [5, 5.41) is 20.8. The molecule has 0 radical (unpaired) electrons. The summed E-state index contributed by atoms with van der Waals surface area (Å²) in [6.07, 6.45) is -0.593. The first-order valence-corrected chi connectivity index (χ1v) is 10.6. The molecule has 1 atom stereocenters. The number of esters is 1. The molecule has 2 amide bonds. The molecular formula is C26H21N3O4. The second-order valence-electron chi connectivity index (χ2n) is 8.17. The number of carbonyl (C=O) groups is 3. The van der Waals surface area contributed by atoms with Crippen LogP contribution < -0.4 is 4.90 Å². The number of aryl methyl sites for hydroxylation is 1. The first-order valence-electron chi connectivity index (χ1n) is 10.6.